The number of carboxylic acids is 4. The molecule has 0 heterocycles. The second-order valence-electron chi connectivity index (χ2n) is 4.91. The van der Waals surface area contributed by atoms with E-state index in [0.29, 0.717) is 6.42 Å². The summed E-state index contributed by atoms with van der Waals surface area (Å²) < 4.78 is 0. The third-order valence-corrected chi connectivity index (χ3v) is 2.97. The summed E-state index contributed by atoms with van der Waals surface area (Å²) in [6, 6.07) is -3.38. The van der Waals surface area contributed by atoms with Crippen molar-refractivity contribution in [2.75, 3.05) is 6.54 Å². The SMILES string of the molecule is O=C(O)CCC(=O)NCCCCC(NC(C(=O)O)C(=O)O)C(=O)O. The number of hydrogen-bond acceptors (Lipinski definition) is 6. The molecule has 24 heavy (non-hydrogen) atoms. The van der Waals surface area contributed by atoms with Crippen LogP contribution in [0.2, 0.25) is 0 Å². The summed E-state index contributed by atoms with van der Waals surface area (Å²) in [6.07, 6.45) is 0.178. The molecular weight excluding hydrogens is 328 g/mol. The first kappa shape index (κ1) is 21.3. The molecule has 0 bridgehead atoms. The molecule has 11 nitrogen and oxygen atoms in total. The van der Waals surface area contributed by atoms with Crippen molar-refractivity contribution in [1.29, 1.82) is 0 Å². The number of aliphatic carboxylic acids is 4. The Morgan fingerprint density at radius 3 is 1.83 bits per heavy atom. The highest BCUT2D eigenvalue weighted by Crippen LogP contribution is 2.03. The third kappa shape index (κ3) is 9.35. The van der Waals surface area contributed by atoms with Gasteiger partial charge < -0.3 is 25.7 Å². The Morgan fingerprint density at radius 1 is 0.792 bits per heavy atom. The molecule has 136 valence electrons. The molecule has 0 aliphatic rings. The number of hydrogen-bond donors (Lipinski definition) is 6. The molecular formula is C13H20N2O9. The number of nitrogens with one attached hydrogen (secondary N) is 2. The van der Waals surface area contributed by atoms with E-state index in [0.717, 1.165) is 0 Å². The summed E-state index contributed by atoms with van der Waals surface area (Å²) in [5.74, 6) is -6.30. The Kier molecular flexibility index (Phi) is 9.71. The van der Waals surface area contributed by atoms with Gasteiger partial charge in [0.2, 0.25) is 11.9 Å². The Hall–Kier alpha value is -2.69. The topological polar surface area (TPSA) is 190 Å². The van der Waals surface area contributed by atoms with Gasteiger partial charge >= 0.3 is 23.9 Å². The average molecular weight is 348 g/mol. The van der Waals surface area contributed by atoms with E-state index in [-0.39, 0.29) is 32.2 Å². The van der Waals surface area contributed by atoms with Crippen LogP contribution in [0.4, 0.5) is 0 Å². The van der Waals surface area contributed by atoms with Gasteiger partial charge in [-0.1, -0.05) is 0 Å². The molecule has 6 N–H and O–H groups in total. The van der Waals surface area contributed by atoms with Crippen molar-refractivity contribution in [3.63, 3.8) is 0 Å². The lowest BCUT2D eigenvalue weighted by molar-refractivity contribution is -0.152. The van der Waals surface area contributed by atoms with Crippen LogP contribution in [0.1, 0.15) is 32.1 Å². The first-order valence-corrected chi connectivity index (χ1v) is 7.08. The number of rotatable bonds is 13. The molecule has 0 saturated carbocycles. The zero-order chi connectivity index (χ0) is 18.7. The van der Waals surface area contributed by atoms with Crippen molar-refractivity contribution in [3.05, 3.63) is 0 Å². The predicted octanol–water partition coefficient (Wildman–Crippen LogP) is -1.28. The fourth-order valence-corrected chi connectivity index (χ4v) is 1.74. The minimum atomic E-state index is -2.03. The normalized spacial score (nSPS) is 11.7. The maximum absolute atomic E-state index is 11.2. The summed E-state index contributed by atoms with van der Waals surface area (Å²) in [5.41, 5.74) is 0. The van der Waals surface area contributed by atoms with E-state index in [1.54, 1.807) is 0 Å². The molecule has 0 aliphatic carbocycles. The van der Waals surface area contributed by atoms with Gasteiger partial charge in [-0.2, -0.15) is 0 Å². The van der Waals surface area contributed by atoms with Gasteiger partial charge in [0.1, 0.15) is 6.04 Å². The monoisotopic (exact) mass is 348 g/mol. The lowest BCUT2D eigenvalue weighted by atomic mass is 10.1. The third-order valence-electron chi connectivity index (χ3n) is 2.97. The van der Waals surface area contributed by atoms with Crippen molar-refractivity contribution < 1.29 is 44.4 Å². The summed E-state index contributed by atoms with van der Waals surface area (Å²) in [6.45, 7) is 0.200. The molecule has 0 aliphatic heterocycles. The largest absolute Gasteiger partial charge is 0.481 e. The van der Waals surface area contributed by atoms with Crippen LogP contribution < -0.4 is 10.6 Å². The minimum Gasteiger partial charge on any atom is -0.481 e. The molecule has 0 spiro atoms. The Morgan fingerprint density at radius 2 is 1.38 bits per heavy atom. The van der Waals surface area contributed by atoms with Gasteiger partial charge in [-0.15, -0.1) is 0 Å². The number of carbonyl (C=O) groups is 5. The summed E-state index contributed by atoms with van der Waals surface area (Å²) >= 11 is 0. The lowest BCUT2D eigenvalue weighted by Crippen LogP contribution is -2.51. The highest BCUT2D eigenvalue weighted by Gasteiger charge is 2.31. The van der Waals surface area contributed by atoms with Gasteiger partial charge in [-0.25, -0.2) is 9.59 Å². The van der Waals surface area contributed by atoms with Crippen LogP contribution in [0.25, 0.3) is 0 Å². The highest BCUT2D eigenvalue weighted by atomic mass is 16.4. The van der Waals surface area contributed by atoms with E-state index in [1.165, 1.54) is 0 Å². The summed E-state index contributed by atoms with van der Waals surface area (Å²) in [5, 5.41) is 39.3. The molecule has 0 radical (unpaired) electrons. The highest BCUT2D eigenvalue weighted by molar-refractivity contribution is 5.97. The molecule has 0 aromatic rings. The summed E-state index contributed by atoms with van der Waals surface area (Å²) in [7, 11) is 0. The van der Waals surface area contributed by atoms with Crippen LogP contribution in [0.15, 0.2) is 0 Å². The van der Waals surface area contributed by atoms with Crippen molar-refractivity contribution in [2.24, 2.45) is 0 Å². The first-order chi connectivity index (χ1) is 11.1. The number of carboxylic acid groups (broad SMARTS) is 4. The standard InChI is InChI=1S/C13H20N2O9/c16-8(4-5-9(17)18)14-6-2-1-3-7(11(19)20)15-10(12(21)22)13(23)24/h7,10,15H,1-6H2,(H,14,16)(H,17,18)(H,19,20)(H,21,22)(H,23,24). The van der Waals surface area contributed by atoms with Crippen LogP contribution >= 0.6 is 0 Å². The van der Waals surface area contributed by atoms with E-state index < -0.39 is 41.9 Å². The van der Waals surface area contributed by atoms with Gasteiger partial charge in [0, 0.05) is 13.0 Å². The van der Waals surface area contributed by atoms with Gasteiger partial charge in [0.25, 0.3) is 0 Å². The molecule has 1 amide bonds. The maximum Gasteiger partial charge on any atom is 0.332 e. The molecule has 0 saturated heterocycles. The first-order valence-electron chi connectivity index (χ1n) is 7.08. The number of carbonyl (C=O) groups excluding carboxylic acids is 1. The van der Waals surface area contributed by atoms with Gasteiger partial charge in [-0.05, 0) is 19.3 Å². The van der Waals surface area contributed by atoms with Crippen molar-refractivity contribution in [2.45, 2.75) is 44.2 Å². The van der Waals surface area contributed by atoms with E-state index in [4.69, 9.17) is 20.4 Å². The zero-order valence-corrected chi connectivity index (χ0v) is 12.7. The second kappa shape index (κ2) is 10.9. The Labute approximate surface area is 136 Å². The van der Waals surface area contributed by atoms with Crippen LogP contribution in [-0.4, -0.2) is 68.8 Å². The number of amides is 1. The molecule has 11 heteroatoms. The van der Waals surface area contributed by atoms with Crippen LogP contribution in [0, 0.1) is 0 Å². The zero-order valence-electron chi connectivity index (χ0n) is 12.7. The summed E-state index contributed by atoms with van der Waals surface area (Å²) in [4.78, 5) is 54.0. The molecule has 0 rings (SSSR count). The molecule has 1 unspecified atom stereocenters. The van der Waals surface area contributed by atoms with Crippen LogP contribution in [-0.2, 0) is 24.0 Å². The minimum absolute atomic E-state index is 0.0304. The van der Waals surface area contributed by atoms with Gasteiger partial charge in [0.15, 0.2) is 0 Å². The average Bonchev–Trinajstić information content (AvgIpc) is 2.46. The second-order valence-corrected chi connectivity index (χ2v) is 4.91. The van der Waals surface area contributed by atoms with E-state index in [2.05, 4.69) is 5.32 Å². The van der Waals surface area contributed by atoms with Crippen molar-refractivity contribution in [1.82, 2.24) is 10.6 Å². The molecule has 1 atom stereocenters. The van der Waals surface area contributed by atoms with E-state index in [1.807, 2.05) is 5.32 Å². The van der Waals surface area contributed by atoms with E-state index in [9.17, 15) is 24.0 Å². The van der Waals surface area contributed by atoms with Crippen LogP contribution in [0.5, 0.6) is 0 Å². The predicted molar refractivity (Wildman–Crippen MR) is 77.3 cm³/mol. The molecule has 0 fully saturated rings. The Balaban J connectivity index is 4.17. The van der Waals surface area contributed by atoms with Gasteiger partial charge in [0.05, 0.1) is 6.42 Å². The smallest absolute Gasteiger partial charge is 0.332 e. The Bertz CT molecular complexity index is 478. The fraction of sp³-hybridized carbons (Fsp3) is 0.615. The van der Waals surface area contributed by atoms with E-state index >= 15 is 0 Å². The van der Waals surface area contributed by atoms with Gasteiger partial charge in [-0.3, -0.25) is 19.7 Å². The maximum atomic E-state index is 11.2. The molecule has 0 aromatic heterocycles. The number of unbranched alkanes of at least 4 members (excludes halogenated alkanes) is 1. The lowest BCUT2D eigenvalue weighted by Gasteiger charge is -2.17. The van der Waals surface area contributed by atoms with Crippen molar-refractivity contribution >= 4 is 29.8 Å². The van der Waals surface area contributed by atoms with Crippen molar-refractivity contribution in [3.8, 4) is 0 Å². The van der Waals surface area contributed by atoms with Crippen LogP contribution in [0.3, 0.4) is 0 Å². The molecule has 0 aromatic carbocycles. The fourth-order valence-electron chi connectivity index (χ4n) is 1.74. The quantitative estimate of drug-likeness (QED) is 0.172.